The van der Waals surface area contributed by atoms with E-state index in [2.05, 4.69) is 0 Å². The van der Waals surface area contributed by atoms with Crippen LogP contribution in [0.25, 0.3) is 0 Å². The Kier molecular flexibility index (Phi) is 5.35. The molecule has 0 saturated heterocycles. The number of rotatable bonds is 7. The van der Waals surface area contributed by atoms with Crippen LogP contribution in [0.5, 0.6) is 11.5 Å². The van der Waals surface area contributed by atoms with E-state index in [-0.39, 0.29) is 5.78 Å². The average molecular weight is 285 g/mol. The van der Waals surface area contributed by atoms with Gasteiger partial charge in [0.15, 0.2) is 5.78 Å². The third-order valence-electron chi connectivity index (χ3n) is 3.01. The maximum Gasteiger partial charge on any atom is 0.163 e. The van der Waals surface area contributed by atoms with Gasteiger partial charge < -0.3 is 15.2 Å². The van der Waals surface area contributed by atoms with E-state index in [0.717, 1.165) is 11.3 Å². The van der Waals surface area contributed by atoms with Crippen LogP contribution in [-0.4, -0.2) is 19.0 Å². The van der Waals surface area contributed by atoms with Gasteiger partial charge in [-0.2, -0.15) is 0 Å². The van der Waals surface area contributed by atoms with E-state index in [1.165, 1.54) is 6.92 Å². The van der Waals surface area contributed by atoms with Gasteiger partial charge in [-0.3, -0.25) is 4.79 Å². The first-order valence-electron chi connectivity index (χ1n) is 6.85. The lowest BCUT2D eigenvalue weighted by Gasteiger charge is -2.11. The maximum atomic E-state index is 11.5. The molecule has 21 heavy (non-hydrogen) atoms. The zero-order valence-corrected chi connectivity index (χ0v) is 12.0. The Morgan fingerprint density at radius 3 is 2.57 bits per heavy atom. The number of carbonyl (C=O) groups is 1. The molecular formula is C17H19NO3. The fourth-order valence-electron chi connectivity index (χ4n) is 1.96. The molecule has 4 nitrogen and oxygen atoms in total. The molecule has 0 unspecified atom stereocenters. The summed E-state index contributed by atoms with van der Waals surface area (Å²) in [6, 6.07) is 14.8. The summed E-state index contributed by atoms with van der Waals surface area (Å²) >= 11 is 0. The normalized spacial score (nSPS) is 10.2. The Balaban J connectivity index is 1.86. The van der Waals surface area contributed by atoms with Crippen LogP contribution in [0, 0.1) is 0 Å². The molecule has 0 heterocycles. The molecular weight excluding hydrogens is 266 g/mol. The van der Waals surface area contributed by atoms with Crippen LogP contribution in [0.2, 0.25) is 0 Å². The molecule has 0 spiro atoms. The van der Waals surface area contributed by atoms with E-state index in [4.69, 9.17) is 15.2 Å². The SMILES string of the molecule is CC(=O)c1ccccc1OCCOc1cccc(CN)c1. The summed E-state index contributed by atoms with van der Waals surface area (Å²) in [4.78, 5) is 11.5. The minimum absolute atomic E-state index is 0.0119. The summed E-state index contributed by atoms with van der Waals surface area (Å²) in [5.41, 5.74) is 7.19. The summed E-state index contributed by atoms with van der Waals surface area (Å²) in [6.45, 7) is 2.79. The molecule has 0 aliphatic carbocycles. The second kappa shape index (κ2) is 7.45. The molecule has 0 radical (unpaired) electrons. The average Bonchev–Trinajstić information content (AvgIpc) is 2.52. The lowest BCUT2D eigenvalue weighted by Crippen LogP contribution is -2.11. The van der Waals surface area contributed by atoms with E-state index >= 15 is 0 Å². The third kappa shape index (κ3) is 4.33. The van der Waals surface area contributed by atoms with Gasteiger partial charge in [-0.05, 0) is 36.8 Å². The minimum atomic E-state index is -0.0119. The van der Waals surface area contributed by atoms with Gasteiger partial charge in [-0.15, -0.1) is 0 Å². The Bertz CT molecular complexity index is 610. The summed E-state index contributed by atoms with van der Waals surface area (Å²) in [5.74, 6) is 1.34. The van der Waals surface area contributed by atoms with Gasteiger partial charge in [0.2, 0.25) is 0 Å². The highest BCUT2D eigenvalue weighted by molar-refractivity contribution is 5.96. The van der Waals surface area contributed by atoms with E-state index in [1.54, 1.807) is 12.1 Å². The van der Waals surface area contributed by atoms with Crippen molar-refractivity contribution in [2.24, 2.45) is 5.73 Å². The lowest BCUT2D eigenvalue weighted by molar-refractivity contribution is 0.101. The molecule has 2 aromatic carbocycles. The van der Waals surface area contributed by atoms with E-state index < -0.39 is 0 Å². The van der Waals surface area contributed by atoms with Crippen molar-refractivity contribution >= 4 is 5.78 Å². The Hall–Kier alpha value is -2.33. The highest BCUT2D eigenvalue weighted by Crippen LogP contribution is 2.18. The predicted molar refractivity (Wildman–Crippen MR) is 81.8 cm³/mol. The molecule has 0 aliphatic rings. The molecule has 2 aromatic rings. The molecule has 0 bridgehead atoms. The maximum absolute atomic E-state index is 11.5. The highest BCUT2D eigenvalue weighted by Gasteiger charge is 2.07. The summed E-state index contributed by atoms with van der Waals surface area (Å²) in [5, 5.41) is 0. The first kappa shape index (κ1) is 15.1. The van der Waals surface area contributed by atoms with Crippen LogP contribution < -0.4 is 15.2 Å². The van der Waals surface area contributed by atoms with E-state index in [9.17, 15) is 4.79 Å². The largest absolute Gasteiger partial charge is 0.490 e. The molecule has 4 heteroatoms. The first-order valence-corrected chi connectivity index (χ1v) is 6.85. The van der Waals surface area contributed by atoms with Crippen molar-refractivity contribution in [2.75, 3.05) is 13.2 Å². The highest BCUT2D eigenvalue weighted by atomic mass is 16.5. The van der Waals surface area contributed by atoms with Gasteiger partial charge in [0.25, 0.3) is 0 Å². The minimum Gasteiger partial charge on any atom is -0.490 e. The molecule has 0 aromatic heterocycles. The molecule has 110 valence electrons. The summed E-state index contributed by atoms with van der Waals surface area (Å²) in [6.07, 6.45) is 0. The van der Waals surface area contributed by atoms with Crippen molar-refractivity contribution in [2.45, 2.75) is 13.5 Å². The second-order valence-electron chi connectivity index (χ2n) is 4.60. The fourth-order valence-corrected chi connectivity index (χ4v) is 1.96. The molecule has 0 saturated carbocycles. The van der Waals surface area contributed by atoms with Crippen molar-refractivity contribution < 1.29 is 14.3 Å². The molecule has 0 amide bonds. The van der Waals surface area contributed by atoms with Crippen molar-refractivity contribution in [1.82, 2.24) is 0 Å². The number of nitrogens with two attached hydrogens (primary N) is 1. The molecule has 0 aliphatic heterocycles. The molecule has 0 atom stereocenters. The number of ketones is 1. The third-order valence-corrected chi connectivity index (χ3v) is 3.01. The smallest absolute Gasteiger partial charge is 0.163 e. The number of Topliss-reactive ketones (excluding diaryl/α,β-unsaturated/α-hetero) is 1. The monoisotopic (exact) mass is 285 g/mol. The molecule has 2 rings (SSSR count). The van der Waals surface area contributed by atoms with Gasteiger partial charge in [0.05, 0.1) is 5.56 Å². The topological polar surface area (TPSA) is 61.5 Å². The Labute approximate surface area is 124 Å². The number of benzene rings is 2. The quantitative estimate of drug-likeness (QED) is 0.627. The van der Waals surface area contributed by atoms with Gasteiger partial charge in [-0.25, -0.2) is 0 Å². The van der Waals surface area contributed by atoms with Gasteiger partial charge in [0, 0.05) is 6.54 Å². The van der Waals surface area contributed by atoms with Gasteiger partial charge in [-0.1, -0.05) is 24.3 Å². The summed E-state index contributed by atoms with van der Waals surface area (Å²) in [7, 11) is 0. The van der Waals surface area contributed by atoms with Crippen molar-refractivity contribution in [3.05, 3.63) is 59.7 Å². The second-order valence-corrected chi connectivity index (χ2v) is 4.60. The van der Waals surface area contributed by atoms with E-state index in [1.807, 2.05) is 36.4 Å². The predicted octanol–water partition coefficient (Wildman–Crippen LogP) is 2.81. The number of hydrogen-bond acceptors (Lipinski definition) is 4. The van der Waals surface area contributed by atoms with Crippen LogP contribution >= 0.6 is 0 Å². The number of hydrogen-bond donors (Lipinski definition) is 1. The number of para-hydroxylation sites is 1. The Morgan fingerprint density at radius 1 is 1.05 bits per heavy atom. The van der Waals surface area contributed by atoms with Crippen molar-refractivity contribution in [3.8, 4) is 11.5 Å². The zero-order chi connectivity index (χ0) is 15.1. The summed E-state index contributed by atoms with van der Waals surface area (Å²) < 4.78 is 11.2. The fraction of sp³-hybridized carbons (Fsp3) is 0.235. The van der Waals surface area contributed by atoms with Crippen LogP contribution in [0.1, 0.15) is 22.8 Å². The Morgan fingerprint density at radius 2 is 1.81 bits per heavy atom. The lowest BCUT2D eigenvalue weighted by atomic mass is 10.1. The first-order chi connectivity index (χ1) is 10.2. The van der Waals surface area contributed by atoms with Crippen molar-refractivity contribution in [3.63, 3.8) is 0 Å². The van der Waals surface area contributed by atoms with Crippen LogP contribution in [0.4, 0.5) is 0 Å². The van der Waals surface area contributed by atoms with Crippen LogP contribution in [0.3, 0.4) is 0 Å². The van der Waals surface area contributed by atoms with Crippen LogP contribution in [-0.2, 0) is 6.54 Å². The van der Waals surface area contributed by atoms with Crippen molar-refractivity contribution in [1.29, 1.82) is 0 Å². The van der Waals surface area contributed by atoms with Crippen LogP contribution in [0.15, 0.2) is 48.5 Å². The number of carbonyl (C=O) groups excluding carboxylic acids is 1. The zero-order valence-electron chi connectivity index (χ0n) is 12.0. The molecule has 0 fully saturated rings. The van der Waals surface area contributed by atoms with Gasteiger partial charge >= 0.3 is 0 Å². The van der Waals surface area contributed by atoms with E-state index in [0.29, 0.717) is 31.1 Å². The van der Waals surface area contributed by atoms with Gasteiger partial charge in [0.1, 0.15) is 24.7 Å². The standard InChI is InChI=1S/C17H19NO3/c1-13(19)16-7-2-3-8-17(16)21-10-9-20-15-6-4-5-14(11-15)12-18/h2-8,11H,9-10,12,18H2,1H3. The number of ether oxygens (including phenoxy) is 2. The molecule has 2 N–H and O–H groups in total.